The molecule has 2 heterocycles. The van der Waals surface area contributed by atoms with E-state index in [0.717, 1.165) is 6.42 Å². The van der Waals surface area contributed by atoms with Gasteiger partial charge in [-0.2, -0.15) is 0 Å². The summed E-state index contributed by atoms with van der Waals surface area (Å²) < 4.78 is 12.3. The molecule has 0 radical (unpaired) electrons. The van der Waals surface area contributed by atoms with Gasteiger partial charge in [0.25, 0.3) is 0 Å². The maximum atomic E-state index is 6.17. The molecule has 2 aliphatic heterocycles. The van der Waals surface area contributed by atoms with E-state index in [-0.39, 0.29) is 29.8 Å². The third-order valence-electron chi connectivity index (χ3n) is 4.59. The molecule has 0 aromatic heterocycles. The molecule has 1 fully saturated rings. The first-order valence-electron chi connectivity index (χ1n) is 6.57. The second-order valence-corrected chi connectivity index (χ2v) is 6.16. The smallest absolute Gasteiger partial charge is 0.403 e. The van der Waals surface area contributed by atoms with E-state index in [4.69, 9.17) is 15.0 Å². The normalized spacial score (nSPS) is 37.2. The van der Waals surface area contributed by atoms with Crippen molar-refractivity contribution >= 4 is 13.3 Å². The van der Waals surface area contributed by atoms with Gasteiger partial charge >= 0.3 is 7.12 Å². The minimum absolute atomic E-state index is 0.317. The van der Waals surface area contributed by atoms with Gasteiger partial charge in [-0.1, -0.05) is 13.0 Å². The number of nitrogens with zero attached hydrogens (tertiary/aromatic N) is 1. The molecule has 2 N–H and O–H groups in total. The first kappa shape index (κ1) is 13.8. The molecule has 0 amide bonds. The van der Waals surface area contributed by atoms with Crippen LogP contribution in [0, 0.1) is 0 Å². The van der Waals surface area contributed by atoms with Crippen molar-refractivity contribution in [3.05, 3.63) is 12.2 Å². The number of dihydropyridines is 1. The van der Waals surface area contributed by atoms with E-state index in [1.54, 1.807) is 6.21 Å². The largest absolute Gasteiger partial charge is 0.472 e. The van der Waals surface area contributed by atoms with Gasteiger partial charge in [0.15, 0.2) is 0 Å². The molecule has 2 rings (SSSR count). The lowest BCUT2D eigenvalue weighted by molar-refractivity contribution is 0.00578. The van der Waals surface area contributed by atoms with Crippen LogP contribution in [-0.2, 0) is 9.31 Å². The van der Waals surface area contributed by atoms with Gasteiger partial charge in [-0.25, -0.2) is 0 Å². The zero-order chi connectivity index (χ0) is 13.6. The van der Waals surface area contributed by atoms with Crippen molar-refractivity contribution in [3.63, 3.8) is 0 Å². The highest BCUT2D eigenvalue weighted by Crippen LogP contribution is 2.49. The second-order valence-electron chi connectivity index (χ2n) is 6.16. The van der Waals surface area contributed by atoms with Crippen LogP contribution in [0.3, 0.4) is 0 Å². The molecule has 0 aliphatic carbocycles. The molecule has 0 aromatic rings. The third kappa shape index (κ3) is 1.85. The number of aliphatic imine (C=N–C) groups is 1. The van der Waals surface area contributed by atoms with E-state index < -0.39 is 0 Å². The summed E-state index contributed by atoms with van der Waals surface area (Å²) in [6.07, 6.45) is 6.26. The predicted molar refractivity (Wildman–Crippen MR) is 74.7 cm³/mol. The molecule has 0 saturated carbocycles. The van der Waals surface area contributed by atoms with E-state index in [9.17, 15) is 0 Å². The van der Waals surface area contributed by atoms with E-state index in [2.05, 4.69) is 45.7 Å². The maximum Gasteiger partial charge on any atom is 0.472 e. The van der Waals surface area contributed by atoms with Crippen molar-refractivity contribution in [1.82, 2.24) is 0 Å². The fourth-order valence-electron chi connectivity index (χ4n) is 2.38. The molecule has 0 bridgehead atoms. The summed E-state index contributed by atoms with van der Waals surface area (Å²) in [5, 5.41) is -0.375. The summed E-state index contributed by atoms with van der Waals surface area (Å²) >= 11 is 0. The fourth-order valence-corrected chi connectivity index (χ4v) is 2.38. The molecular formula is C13H23BN2O2. The van der Waals surface area contributed by atoms with Crippen LogP contribution in [-0.4, -0.2) is 30.7 Å². The number of nitrogens with two attached hydrogens (primary N) is 1. The van der Waals surface area contributed by atoms with Gasteiger partial charge in [0.1, 0.15) is 6.17 Å². The van der Waals surface area contributed by atoms with Crippen LogP contribution in [0.4, 0.5) is 0 Å². The van der Waals surface area contributed by atoms with Gasteiger partial charge in [0.2, 0.25) is 0 Å². The molecule has 2 aliphatic rings. The average Bonchev–Trinajstić information content (AvgIpc) is 2.49. The Balaban J connectivity index is 2.32. The summed E-state index contributed by atoms with van der Waals surface area (Å²) in [7, 11) is -0.351. The van der Waals surface area contributed by atoms with Crippen molar-refractivity contribution in [2.24, 2.45) is 10.7 Å². The van der Waals surface area contributed by atoms with Gasteiger partial charge in [-0.15, -0.1) is 0 Å². The SMILES string of the molecule is CCC1(B2OC(C)(C)C(C)(C)O2)C=CC=NC1N. The van der Waals surface area contributed by atoms with Crippen molar-refractivity contribution in [3.8, 4) is 0 Å². The first-order chi connectivity index (χ1) is 8.25. The lowest BCUT2D eigenvalue weighted by Gasteiger charge is -2.36. The molecule has 4 nitrogen and oxygen atoms in total. The molecule has 0 aromatic carbocycles. The maximum absolute atomic E-state index is 6.17. The van der Waals surface area contributed by atoms with E-state index in [1.165, 1.54) is 0 Å². The zero-order valence-electron chi connectivity index (χ0n) is 11.9. The van der Waals surface area contributed by atoms with Crippen LogP contribution >= 0.6 is 0 Å². The Hall–Kier alpha value is -0.645. The molecule has 100 valence electrons. The van der Waals surface area contributed by atoms with Crippen molar-refractivity contribution in [2.75, 3.05) is 0 Å². The van der Waals surface area contributed by atoms with E-state index in [1.807, 2.05) is 6.08 Å². The van der Waals surface area contributed by atoms with Crippen LogP contribution in [0.2, 0.25) is 5.31 Å². The van der Waals surface area contributed by atoms with Crippen LogP contribution in [0.15, 0.2) is 17.1 Å². The van der Waals surface area contributed by atoms with Gasteiger partial charge in [-0.3, -0.25) is 4.99 Å². The fraction of sp³-hybridized carbons (Fsp3) is 0.769. The standard InChI is InChI=1S/C13H23BN2O2/c1-6-13(8-7-9-16-10(13)15)14-17-11(2,3)12(4,5)18-14/h7-10H,6,15H2,1-5H3. The summed E-state index contributed by atoms with van der Waals surface area (Å²) in [5.41, 5.74) is 5.49. The second kappa shape index (κ2) is 4.18. The monoisotopic (exact) mass is 250 g/mol. The number of rotatable bonds is 2. The summed E-state index contributed by atoms with van der Waals surface area (Å²) in [6.45, 7) is 10.3. The highest BCUT2D eigenvalue weighted by molar-refractivity contribution is 6.51. The Kier molecular flexibility index (Phi) is 3.20. The Morgan fingerprint density at radius 1 is 1.22 bits per heavy atom. The lowest BCUT2D eigenvalue weighted by atomic mass is 9.53. The Bertz CT molecular complexity index is 376. The van der Waals surface area contributed by atoms with Crippen LogP contribution in [0.5, 0.6) is 0 Å². The molecule has 2 atom stereocenters. The van der Waals surface area contributed by atoms with Crippen LogP contribution < -0.4 is 5.73 Å². The first-order valence-corrected chi connectivity index (χ1v) is 6.57. The third-order valence-corrected chi connectivity index (χ3v) is 4.59. The Morgan fingerprint density at radius 3 is 2.22 bits per heavy atom. The predicted octanol–water partition coefficient (Wildman–Crippen LogP) is 2.15. The van der Waals surface area contributed by atoms with Crippen LogP contribution in [0.1, 0.15) is 41.0 Å². The van der Waals surface area contributed by atoms with Crippen molar-refractivity contribution in [1.29, 1.82) is 0 Å². The Morgan fingerprint density at radius 2 is 1.78 bits per heavy atom. The van der Waals surface area contributed by atoms with Gasteiger partial charge in [-0.05, 0) is 40.2 Å². The van der Waals surface area contributed by atoms with Gasteiger partial charge in [0, 0.05) is 6.21 Å². The zero-order valence-corrected chi connectivity index (χ0v) is 11.9. The number of hydrogen-bond acceptors (Lipinski definition) is 4. The average molecular weight is 250 g/mol. The van der Waals surface area contributed by atoms with Crippen molar-refractivity contribution < 1.29 is 9.31 Å². The Labute approximate surface area is 110 Å². The minimum Gasteiger partial charge on any atom is -0.403 e. The quantitative estimate of drug-likeness (QED) is 0.764. The molecule has 0 spiro atoms. The molecule has 1 saturated heterocycles. The summed E-state index contributed by atoms with van der Waals surface area (Å²) in [6, 6.07) is 0. The molecule has 18 heavy (non-hydrogen) atoms. The topological polar surface area (TPSA) is 56.8 Å². The van der Waals surface area contributed by atoms with E-state index in [0.29, 0.717) is 0 Å². The van der Waals surface area contributed by atoms with Gasteiger partial charge < -0.3 is 15.0 Å². The summed E-state index contributed by atoms with van der Waals surface area (Å²) in [4.78, 5) is 4.30. The highest BCUT2D eigenvalue weighted by Gasteiger charge is 2.60. The molecular weight excluding hydrogens is 227 g/mol. The lowest BCUT2D eigenvalue weighted by Crippen LogP contribution is -2.47. The molecule has 2 unspecified atom stereocenters. The van der Waals surface area contributed by atoms with E-state index >= 15 is 0 Å². The highest BCUT2D eigenvalue weighted by atomic mass is 16.7. The van der Waals surface area contributed by atoms with Crippen LogP contribution in [0.25, 0.3) is 0 Å². The van der Waals surface area contributed by atoms with Crippen molar-refractivity contribution in [2.45, 2.75) is 63.7 Å². The molecule has 5 heteroatoms. The van der Waals surface area contributed by atoms with Gasteiger partial charge in [0.05, 0.1) is 16.5 Å². The number of allylic oxidation sites excluding steroid dienone is 1. The minimum atomic E-state index is -0.375. The summed E-state index contributed by atoms with van der Waals surface area (Å²) in [5.74, 6) is 0. The number of hydrogen-bond donors (Lipinski definition) is 1.